The smallest absolute Gasteiger partial charge is 0.236 e. The molecule has 26 heavy (non-hydrogen) atoms. The van der Waals surface area contributed by atoms with Crippen LogP contribution in [0.2, 0.25) is 0 Å². The molecular weight excluding hydrogens is 350 g/mol. The number of benzene rings is 2. The van der Waals surface area contributed by atoms with E-state index in [1.165, 1.54) is 5.41 Å². The highest BCUT2D eigenvalue weighted by atomic mass is 32.2. The Bertz CT molecular complexity index is 878. The van der Waals surface area contributed by atoms with E-state index in [9.17, 15) is 8.42 Å². The third kappa shape index (κ3) is 3.92. The quantitative estimate of drug-likeness (QED) is 0.772. The van der Waals surface area contributed by atoms with Crippen molar-refractivity contribution in [1.82, 2.24) is 4.31 Å². The highest BCUT2D eigenvalue weighted by Gasteiger charge is 2.35. The Kier molecular flexibility index (Phi) is 5.64. The van der Waals surface area contributed by atoms with E-state index in [2.05, 4.69) is 0 Å². The summed E-state index contributed by atoms with van der Waals surface area (Å²) in [4.78, 5) is 0. The van der Waals surface area contributed by atoms with Crippen LogP contribution >= 0.6 is 0 Å². The van der Waals surface area contributed by atoms with Gasteiger partial charge in [-0.3, -0.25) is 0 Å². The Morgan fingerprint density at radius 1 is 1.08 bits per heavy atom. The molecule has 5 nitrogen and oxygen atoms in total. The Labute approximate surface area is 154 Å². The van der Waals surface area contributed by atoms with Gasteiger partial charge in [-0.1, -0.05) is 36.4 Å². The van der Waals surface area contributed by atoms with Crippen LogP contribution in [0.15, 0.2) is 53.9 Å². The van der Waals surface area contributed by atoms with Crippen LogP contribution in [0.5, 0.6) is 11.5 Å². The Morgan fingerprint density at radius 3 is 2.54 bits per heavy atom. The van der Waals surface area contributed by atoms with Crippen molar-refractivity contribution < 1.29 is 17.9 Å². The summed E-state index contributed by atoms with van der Waals surface area (Å²) in [5.41, 5.74) is 1.72. The topological polar surface area (TPSA) is 55.8 Å². The monoisotopic (exact) mass is 373 g/mol. The van der Waals surface area contributed by atoms with Crippen molar-refractivity contribution in [2.75, 3.05) is 20.8 Å². The van der Waals surface area contributed by atoms with Crippen LogP contribution in [0, 0.1) is 0 Å². The van der Waals surface area contributed by atoms with Crippen LogP contribution < -0.4 is 9.47 Å². The molecular formula is C20H23NO4S. The SMILES string of the molecule is COc1ccc(C2CCCN2S(=O)(=O)/C=C/c2ccccc2)c(OC)c1. The summed E-state index contributed by atoms with van der Waals surface area (Å²) < 4.78 is 38.0. The molecule has 0 saturated carbocycles. The van der Waals surface area contributed by atoms with E-state index in [-0.39, 0.29) is 6.04 Å². The number of nitrogens with zero attached hydrogens (tertiary/aromatic N) is 1. The summed E-state index contributed by atoms with van der Waals surface area (Å²) in [5.74, 6) is 1.32. The molecule has 138 valence electrons. The average Bonchev–Trinajstić information content (AvgIpc) is 3.17. The Morgan fingerprint density at radius 2 is 1.85 bits per heavy atom. The molecule has 0 bridgehead atoms. The number of methoxy groups -OCH3 is 2. The van der Waals surface area contributed by atoms with Crippen molar-refractivity contribution in [3.05, 3.63) is 65.1 Å². The molecule has 6 heteroatoms. The number of rotatable bonds is 6. The fraction of sp³-hybridized carbons (Fsp3) is 0.300. The lowest BCUT2D eigenvalue weighted by Crippen LogP contribution is -2.29. The van der Waals surface area contributed by atoms with Crippen LogP contribution in [0.3, 0.4) is 0 Å². The second-order valence-electron chi connectivity index (χ2n) is 6.14. The lowest BCUT2D eigenvalue weighted by molar-refractivity contribution is 0.363. The largest absolute Gasteiger partial charge is 0.497 e. The fourth-order valence-electron chi connectivity index (χ4n) is 3.26. The van der Waals surface area contributed by atoms with Crippen molar-refractivity contribution >= 4 is 16.1 Å². The van der Waals surface area contributed by atoms with E-state index in [1.54, 1.807) is 30.7 Å². The molecule has 0 spiro atoms. The summed E-state index contributed by atoms with van der Waals surface area (Å²) in [6.45, 7) is 0.501. The van der Waals surface area contributed by atoms with Crippen LogP contribution in [0.25, 0.3) is 6.08 Å². The van der Waals surface area contributed by atoms with Crippen LogP contribution in [0.1, 0.15) is 30.0 Å². The predicted molar refractivity (Wildman–Crippen MR) is 103 cm³/mol. The fourth-order valence-corrected chi connectivity index (χ4v) is 4.70. The van der Waals surface area contributed by atoms with Gasteiger partial charge in [-0.05, 0) is 30.5 Å². The third-order valence-electron chi connectivity index (χ3n) is 4.56. The van der Waals surface area contributed by atoms with Gasteiger partial charge in [-0.25, -0.2) is 8.42 Å². The van der Waals surface area contributed by atoms with Crippen molar-refractivity contribution in [3.63, 3.8) is 0 Å². The molecule has 1 atom stereocenters. The standard InChI is InChI=1S/C20H23NO4S/c1-24-17-10-11-18(20(15-17)25-2)19-9-6-13-21(19)26(22,23)14-12-16-7-4-3-5-8-16/h3-5,7-8,10-12,14-15,19H,6,9,13H2,1-2H3/b14-12+. The first-order valence-electron chi connectivity index (χ1n) is 8.52. The van der Waals surface area contributed by atoms with E-state index >= 15 is 0 Å². The highest BCUT2D eigenvalue weighted by molar-refractivity contribution is 7.92. The lowest BCUT2D eigenvalue weighted by atomic mass is 10.0. The van der Waals surface area contributed by atoms with Gasteiger partial charge in [-0.2, -0.15) is 4.31 Å². The highest BCUT2D eigenvalue weighted by Crippen LogP contribution is 2.40. The van der Waals surface area contributed by atoms with Gasteiger partial charge in [0.25, 0.3) is 0 Å². The van der Waals surface area contributed by atoms with Gasteiger partial charge in [0, 0.05) is 23.6 Å². The zero-order chi connectivity index (χ0) is 18.6. The minimum Gasteiger partial charge on any atom is -0.497 e. The molecule has 0 aromatic heterocycles. The first-order chi connectivity index (χ1) is 12.5. The zero-order valence-corrected chi connectivity index (χ0v) is 15.8. The molecule has 2 aromatic rings. The minimum absolute atomic E-state index is 0.235. The molecule has 1 aliphatic rings. The van der Waals surface area contributed by atoms with Gasteiger partial charge in [0.2, 0.25) is 10.0 Å². The molecule has 0 amide bonds. The first kappa shape index (κ1) is 18.5. The average molecular weight is 373 g/mol. The van der Waals surface area contributed by atoms with Gasteiger partial charge in [0.05, 0.1) is 20.3 Å². The second-order valence-corrected chi connectivity index (χ2v) is 7.91. The molecule has 3 rings (SSSR count). The summed E-state index contributed by atoms with van der Waals surface area (Å²) in [7, 11) is -0.353. The normalized spacial score (nSPS) is 18.3. The van der Waals surface area contributed by atoms with E-state index in [0.29, 0.717) is 18.0 Å². The predicted octanol–water partition coefficient (Wildman–Crippen LogP) is 3.84. The van der Waals surface area contributed by atoms with Crippen molar-refractivity contribution in [2.24, 2.45) is 0 Å². The molecule has 2 aromatic carbocycles. The molecule has 0 radical (unpaired) electrons. The number of sulfonamides is 1. The molecule has 1 saturated heterocycles. The maximum atomic E-state index is 12.9. The number of ether oxygens (including phenoxy) is 2. The third-order valence-corrected chi connectivity index (χ3v) is 6.13. The van der Waals surface area contributed by atoms with E-state index in [4.69, 9.17) is 9.47 Å². The van der Waals surface area contributed by atoms with Crippen molar-refractivity contribution in [3.8, 4) is 11.5 Å². The van der Waals surface area contributed by atoms with Crippen molar-refractivity contribution in [2.45, 2.75) is 18.9 Å². The maximum absolute atomic E-state index is 12.9. The van der Waals surface area contributed by atoms with Crippen molar-refractivity contribution in [1.29, 1.82) is 0 Å². The van der Waals surface area contributed by atoms with E-state index < -0.39 is 10.0 Å². The zero-order valence-electron chi connectivity index (χ0n) is 15.0. The summed E-state index contributed by atoms with van der Waals surface area (Å²) >= 11 is 0. The molecule has 1 unspecified atom stereocenters. The van der Waals surface area contributed by atoms with Crippen LogP contribution in [0.4, 0.5) is 0 Å². The summed E-state index contributed by atoms with van der Waals surface area (Å²) in [6.07, 6.45) is 3.22. The van der Waals surface area contributed by atoms with Gasteiger partial charge in [-0.15, -0.1) is 0 Å². The first-order valence-corrected chi connectivity index (χ1v) is 10.0. The summed E-state index contributed by atoms with van der Waals surface area (Å²) in [6, 6.07) is 14.7. The second kappa shape index (κ2) is 7.93. The Hall–Kier alpha value is -2.31. The molecule has 1 fully saturated rings. The van der Waals surface area contributed by atoms with E-state index in [1.807, 2.05) is 42.5 Å². The lowest BCUT2D eigenvalue weighted by Gasteiger charge is -2.24. The molecule has 0 aliphatic carbocycles. The maximum Gasteiger partial charge on any atom is 0.236 e. The van der Waals surface area contributed by atoms with Gasteiger partial charge < -0.3 is 9.47 Å². The Balaban J connectivity index is 1.89. The van der Waals surface area contributed by atoms with Crippen LogP contribution in [-0.2, 0) is 10.0 Å². The van der Waals surface area contributed by atoms with Gasteiger partial charge in [0.1, 0.15) is 11.5 Å². The van der Waals surface area contributed by atoms with Gasteiger partial charge in [0.15, 0.2) is 0 Å². The molecule has 1 aliphatic heterocycles. The number of hydrogen-bond donors (Lipinski definition) is 0. The molecule has 0 N–H and O–H groups in total. The van der Waals surface area contributed by atoms with E-state index in [0.717, 1.165) is 24.0 Å². The summed E-state index contributed by atoms with van der Waals surface area (Å²) in [5, 5.41) is 1.29. The minimum atomic E-state index is -3.53. The van der Waals surface area contributed by atoms with Gasteiger partial charge >= 0.3 is 0 Å². The number of hydrogen-bond acceptors (Lipinski definition) is 4. The molecule has 1 heterocycles. The van der Waals surface area contributed by atoms with Crippen LogP contribution in [-0.4, -0.2) is 33.5 Å².